The molecule has 2 aromatic carbocycles. The molecule has 0 saturated heterocycles. The van der Waals surface area contributed by atoms with E-state index in [0.29, 0.717) is 29.5 Å². The Labute approximate surface area is 173 Å². The van der Waals surface area contributed by atoms with Crippen molar-refractivity contribution in [2.24, 2.45) is 0 Å². The molecule has 4 aromatic rings. The first-order valence-corrected chi connectivity index (χ1v) is 9.35. The predicted molar refractivity (Wildman–Crippen MR) is 113 cm³/mol. The number of hydrogen-bond acceptors (Lipinski definition) is 5. The second-order valence-electron chi connectivity index (χ2n) is 6.45. The minimum absolute atomic E-state index is 0.312. The number of ether oxygens (including phenoxy) is 2. The molecular formula is C23H20N4O3. The quantitative estimate of drug-likeness (QED) is 0.505. The molecule has 7 nitrogen and oxygen atoms in total. The third kappa shape index (κ3) is 4.47. The van der Waals surface area contributed by atoms with Crippen LogP contribution in [-0.2, 0) is 6.61 Å². The number of para-hydroxylation sites is 1. The lowest BCUT2D eigenvalue weighted by molar-refractivity contribution is 0.102. The number of methoxy groups -OCH3 is 1. The van der Waals surface area contributed by atoms with Crippen LogP contribution in [0.3, 0.4) is 0 Å². The lowest BCUT2D eigenvalue weighted by atomic mass is 10.2. The van der Waals surface area contributed by atoms with Crippen molar-refractivity contribution in [1.29, 1.82) is 0 Å². The first-order valence-electron chi connectivity index (χ1n) is 9.35. The number of benzene rings is 2. The number of amides is 1. The van der Waals surface area contributed by atoms with Crippen LogP contribution in [0.25, 0.3) is 5.69 Å². The van der Waals surface area contributed by atoms with E-state index in [-0.39, 0.29) is 5.91 Å². The van der Waals surface area contributed by atoms with Gasteiger partial charge in [-0.15, -0.1) is 0 Å². The molecule has 1 N–H and O–H groups in total. The minimum Gasteiger partial charge on any atom is -0.493 e. The van der Waals surface area contributed by atoms with Crippen LogP contribution in [0.1, 0.15) is 16.1 Å². The number of rotatable bonds is 7. The van der Waals surface area contributed by atoms with Crippen LogP contribution >= 0.6 is 0 Å². The summed E-state index contributed by atoms with van der Waals surface area (Å²) in [5.41, 5.74) is 2.70. The van der Waals surface area contributed by atoms with Crippen molar-refractivity contribution in [3.05, 3.63) is 96.6 Å². The van der Waals surface area contributed by atoms with Gasteiger partial charge >= 0.3 is 0 Å². The van der Waals surface area contributed by atoms with Crippen LogP contribution in [0.15, 0.2) is 85.3 Å². The molecule has 2 aromatic heterocycles. The van der Waals surface area contributed by atoms with Gasteiger partial charge in [-0.2, -0.15) is 5.10 Å². The highest BCUT2D eigenvalue weighted by molar-refractivity contribution is 6.03. The van der Waals surface area contributed by atoms with Gasteiger partial charge in [-0.1, -0.05) is 24.3 Å². The van der Waals surface area contributed by atoms with Gasteiger partial charge in [0, 0.05) is 35.9 Å². The Bertz CT molecular complexity index is 1130. The number of hydrogen-bond donors (Lipinski definition) is 1. The average Bonchev–Trinajstić information content (AvgIpc) is 3.30. The van der Waals surface area contributed by atoms with Crippen LogP contribution in [0.5, 0.6) is 11.5 Å². The number of pyridine rings is 1. The molecule has 0 aliphatic rings. The number of aromatic nitrogens is 3. The molecule has 7 heteroatoms. The fourth-order valence-electron chi connectivity index (χ4n) is 2.88. The molecule has 4 rings (SSSR count). The summed E-state index contributed by atoms with van der Waals surface area (Å²) in [6.45, 7) is 0.336. The van der Waals surface area contributed by atoms with E-state index in [1.165, 1.54) is 0 Å². The van der Waals surface area contributed by atoms with Crippen LogP contribution < -0.4 is 14.8 Å². The topological polar surface area (TPSA) is 78.3 Å². The third-order valence-electron chi connectivity index (χ3n) is 4.38. The highest BCUT2D eigenvalue weighted by atomic mass is 16.5. The molecule has 0 saturated carbocycles. The van der Waals surface area contributed by atoms with Crippen molar-refractivity contribution >= 4 is 11.6 Å². The van der Waals surface area contributed by atoms with E-state index >= 15 is 0 Å². The zero-order valence-corrected chi connectivity index (χ0v) is 16.4. The van der Waals surface area contributed by atoms with Crippen LogP contribution in [0.2, 0.25) is 0 Å². The summed E-state index contributed by atoms with van der Waals surface area (Å²) in [5, 5.41) is 7.20. The number of carbonyl (C=O) groups excluding carboxylic acids is 1. The molecule has 30 heavy (non-hydrogen) atoms. The number of nitrogens with zero attached hydrogens (tertiary/aromatic N) is 3. The molecule has 1 amide bonds. The Morgan fingerprint density at radius 3 is 2.67 bits per heavy atom. The van der Waals surface area contributed by atoms with Crippen LogP contribution in [0, 0.1) is 0 Å². The fourth-order valence-corrected chi connectivity index (χ4v) is 2.88. The van der Waals surface area contributed by atoms with Gasteiger partial charge in [-0.05, 0) is 36.4 Å². The largest absolute Gasteiger partial charge is 0.493 e. The highest BCUT2D eigenvalue weighted by Crippen LogP contribution is 2.31. The summed E-state index contributed by atoms with van der Waals surface area (Å²) in [4.78, 5) is 16.7. The summed E-state index contributed by atoms with van der Waals surface area (Å²) in [6, 6.07) is 20.3. The van der Waals surface area contributed by atoms with Crippen molar-refractivity contribution in [1.82, 2.24) is 14.8 Å². The molecule has 0 spiro atoms. The molecule has 150 valence electrons. The summed E-state index contributed by atoms with van der Waals surface area (Å²) in [6.07, 6.45) is 5.20. The van der Waals surface area contributed by atoms with Gasteiger partial charge in [0.1, 0.15) is 6.61 Å². The average molecular weight is 400 g/mol. The molecule has 0 unspecified atom stereocenters. The summed E-state index contributed by atoms with van der Waals surface area (Å²) >= 11 is 0. The molecule has 0 atom stereocenters. The van der Waals surface area contributed by atoms with E-state index < -0.39 is 0 Å². The lowest BCUT2D eigenvalue weighted by Crippen LogP contribution is -2.13. The molecule has 0 fully saturated rings. The van der Waals surface area contributed by atoms with Gasteiger partial charge in [-0.3, -0.25) is 9.78 Å². The molecule has 0 radical (unpaired) electrons. The molecule has 0 aliphatic heterocycles. The zero-order chi connectivity index (χ0) is 20.8. The maximum absolute atomic E-state index is 12.6. The van der Waals surface area contributed by atoms with E-state index in [9.17, 15) is 4.79 Å². The Morgan fingerprint density at radius 1 is 1.03 bits per heavy atom. The first kappa shape index (κ1) is 19.2. The standard InChI is InChI=1S/C23H20N4O3/c1-29-21-10-9-18(14-22(21)30-16-17-6-5-12-24-15-17)25-23(28)20-11-13-27(26-20)19-7-3-2-4-8-19/h2-15H,16H2,1H3,(H,25,28). The van der Waals surface area contributed by atoms with E-state index in [4.69, 9.17) is 9.47 Å². The lowest BCUT2D eigenvalue weighted by Gasteiger charge is -2.12. The maximum atomic E-state index is 12.6. The Hall–Kier alpha value is -4.13. The monoisotopic (exact) mass is 400 g/mol. The van der Waals surface area contributed by atoms with Crippen LogP contribution in [-0.4, -0.2) is 27.8 Å². The van der Waals surface area contributed by atoms with E-state index in [1.54, 1.807) is 54.6 Å². The van der Waals surface area contributed by atoms with E-state index in [1.807, 2.05) is 42.5 Å². The van der Waals surface area contributed by atoms with Gasteiger partial charge in [0.05, 0.1) is 12.8 Å². The van der Waals surface area contributed by atoms with Gasteiger partial charge in [-0.25, -0.2) is 4.68 Å². The summed E-state index contributed by atoms with van der Waals surface area (Å²) in [5.74, 6) is 0.785. The van der Waals surface area contributed by atoms with Crippen molar-refractivity contribution in [3.63, 3.8) is 0 Å². The second-order valence-corrected chi connectivity index (χ2v) is 6.45. The molecule has 0 aliphatic carbocycles. The molecular weight excluding hydrogens is 380 g/mol. The highest BCUT2D eigenvalue weighted by Gasteiger charge is 2.13. The summed E-state index contributed by atoms with van der Waals surface area (Å²) < 4.78 is 12.9. The smallest absolute Gasteiger partial charge is 0.276 e. The van der Waals surface area contributed by atoms with Crippen molar-refractivity contribution < 1.29 is 14.3 Å². The minimum atomic E-state index is -0.312. The first-order chi connectivity index (χ1) is 14.7. The maximum Gasteiger partial charge on any atom is 0.276 e. The van der Waals surface area contributed by atoms with E-state index in [0.717, 1.165) is 11.3 Å². The molecule has 0 bridgehead atoms. The number of nitrogens with one attached hydrogen (secondary N) is 1. The number of anilines is 1. The normalized spacial score (nSPS) is 10.4. The van der Waals surface area contributed by atoms with Crippen LogP contribution in [0.4, 0.5) is 5.69 Å². The van der Waals surface area contributed by atoms with Gasteiger partial charge in [0.2, 0.25) is 0 Å². The summed E-state index contributed by atoms with van der Waals surface area (Å²) in [7, 11) is 1.57. The van der Waals surface area contributed by atoms with Crippen molar-refractivity contribution in [3.8, 4) is 17.2 Å². The third-order valence-corrected chi connectivity index (χ3v) is 4.38. The SMILES string of the molecule is COc1ccc(NC(=O)c2ccn(-c3ccccc3)n2)cc1OCc1cccnc1. The van der Waals surface area contributed by atoms with Gasteiger partial charge in [0.25, 0.3) is 5.91 Å². The van der Waals surface area contributed by atoms with Crippen molar-refractivity contribution in [2.75, 3.05) is 12.4 Å². The second kappa shape index (κ2) is 8.91. The fraction of sp³-hybridized carbons (Fsp3) is 0.0870. The van der Waals surface area contributed by atoms with Gasteiger partial charge < -0.3 is 14.8 Å². The Balaban J connectivity index is 1.47. The van der Waals surface area contributed by atoms with E-state index in [2.05, 4.69) is 15.4 Å². The molecule has 2 heterocycles. The predicted octanol–water partition coefficient (Wildman–Crippen LogP) is 4.11. The Kier molecular flexibility index (Phi) is 5.70. The van der Waals surface area contributed by atoms with Gasteiger partial charge in [0.15, 0.2) is 17.2 Å². The number of carbonyl (C=O) groups is 1. The van der Waals surface area contributed by atoms with Crippen molar-refractivity contribution in [2.45, 2.75) is 6.61 Å². The zero-order valence-electron chi connectivity index (χ0n) is 16.4. The Morgan fingerprint density at radius 2 is 1.90 bits per heavy atom.